The van der Waals surface area contributed by atoms with E-state index in [1.165, 1.54) is 0 Å². The maximum absolute atomic E-state index is 11.8. The number of nitrogens with two attached hydrogens (primary N) is 1. The summed E-state index contributed by atoms with van der Waals surface area (Å²) in [6.45, 7) is 3.98. The summed E-state index contributed by atoms with van der Waals surface area (Å²) in [7, 11) is 1.75. The van der Waals surface area contributed by atoms with Crippen LogP contribution in [-0.2, 0) is 4.79 Å². The van der Waals surface area contributed by atoms with Crippen LogP contribution in [0.4, 0.5) is 5.69 Å². The minimum absolute atomic E-state index is 0. The molecule has 0 saturated heterocycles. The highest BCUT2D eigenvalue weighted by molar-refractivity contribution is 6.02. The van der Waals surface area contributed by atoms with E-state index in [2.05, 4.69) is 6.58 Å². The molecule has 0 aromatic heterocycles. The third kappa shape index (κ3) is 1.96. The van der Waals surface area contributed by atoms with Gasteiger partial charge in [0.2, 0.25) is 5.91 Å². The van der Waals surface area contributed by atoms with Crippen molar-refractivity contribution in [3.05, 3.63) is 36.4 Å². The quantitative estimate of drug-likeness (QED) is 0.750. The number of hydrogen-bond acceptors (Lipinski definition) is 2. The lowest BCUT2D eigenvalue weighted by Crippen LogP contribution is -2.40. The van der Waals surface area contributed by atoms with Crippen molar-refractivity contribution in [2.24, 2.45) is 5.73 Å². The van der Waals surface area contributed by atoms with Gasteiger partial charge in [0.25, 0.3) is 0 Å². The van der Waals surface area contributed by atoms with Gasteiger partial charge in [-0.25, -0.2) is 0 Å². The smallest absolute Gasteiger partial charge is 0.243 e. The molecule has 0 fully saturated rings. The molecule has 4 heteroatoms. The Bertz CT molecular complexity index is 431. The summed E-state index contributed by atoms with van der Waals surface area (Å²) in [5.41, 5.74) is 8.62. The maximum Gasteiger partial charge on any atom is 0.243 e. The number of amides is 1. The molecular formula is C12H15ClN2O. The molecule has 1 amide bonds. The molecule has 3 nitrogen and oxygen atoms in total. The van der Waals surface area contributed by atoms with E-state index in [-0.39, 0.29) is 18.3 Å². The second-order valence-corrected chi connectivity index (χ2v) is 3.83. The summed E-state index contributed by atoms with van der Waals surface area (Å²) in [5, 5.41) is 0. The number of rotatable bonds is 0. The summed E-state index contributed by atoms with van der Waals surface area (Å²) in [6.07, 6.45) is 0.528. The third-order valence-electron chi connectivity index (χ3n) is 2.76. The second-order valence-electron chi connectivity index (χ2n) is 3.83. The van der Waals surface area contributed by atoms with Gasteiger partial charge < -0.3 is 10.6 Å². The lowest BCUT2D eigenvalue weighted by Gasteiger charge is -2.18. The molecule has 0 radical (unpaired) electrons. The number of likely N-dealkylation sites (N-methyl/N-ethyl adjacent to an activating group) is 1. The predicted molar refractivity (Wildman–Crippen MR) is 68.7 cm³/mol. The fourth-order valence-electron chi connectivity index (χ4n) is 1.90. The zero-order valence-electron chi connectivity index (χ0n) is 9.14. The Morgan fingerprint density at radius 2 is 2.06 bits per heavy atom. The fraction of sp³-hybridized carbons (Fsp3) is 0.250. The molecule has 1 aromatic rings. The predicted octanol–water partition coefficient (Wildman–Crippen LogP) is 1.82. The van der Waals surface area contributed by atoms with Gasteiger partial charge in [-0.15, -0.1) is 12.4 Å². The lowest BCUT2D eigenvalue weighted by atomic mass is 10.0. The first kappa shape index (κ1) is 12.7. The molecule has 0 unspecified atom stereocenters. The maximum atomic E-state index is 11.8. The molecule has 0 aliphatic carbocycles. The van der Waals surface area contributed by atoms with Gasteiger partial charge in [-0.2, -0.15) is 0 Å². The number of carbonyl (C=O) groups is 1. The number of benzene rings is 1. The van der Waals surface area contributed by atoms with Crippen LogP contribution in [0.5, 0.6) is 0 Å². The first-order valence-corrected chi connectivity index (χ1v) is 4.91. The van der Waals surface area contributed by atoms with E-state index in [0.29, 0.717) is 6.42 Å². The summed E-state index contributed by atoms with van der Waals surface area (Å²) >= 11 is 0. The molecule has 2 N–H and O–H groups in total. The van der Waals surface area contributed by atoms with Crippen molar-refractivity contribution in [1.82, 2.24) is 0 Å². The Morgan fingerprint density at radius 3 is 2.75 bits per heavy atom. The van der Waals surface area contributed by atoms with Crippen LogP contribution >= 0.6 is 12.4 Å². The molecule has 1 aromatic carbocycles. The van der Waals surface area contributed by atoms with Crippen LogP contribution in [0.15, 0.2) is 30.8 Å². The zero-order chi connectivity index (χ0) is 11.0. The largest absolute Gasteiger partial charge is 0.320 e. The number of nitrogens with zero attached hydrogens (tertiary/aromatic N) is 1. The Kier molecular flexibility index (Phi) is 3.73. The number of fused-ring (bicyclic) bond motifs is 1. The van der Waals surface area contributed by atoms with E-state index in [1.807, 2.05) is 24.3 Å². The minimum Gasteiger partial charge on any atom is -0.320 e. The Morgan fingerprint density at radius 1 is 1.44 bits per heavy atom. The number of hydrogen-bond donors (Lipinski definition) is 1. The summed E-state index contributed by atoms with van der Waals surface area (Å²) in [4.78, 5) is 13.4. The van der Waals surface area contributed by atoms with Crippen LogP contribution in [0.3, 0.4) is 0 Å². The van der Waals surface area contributed by atoms with Crippen LogP contribution in [0, 0.1) is 0 Å². The van der Waals surface area contributed by atoms with Gasteiger partial charge in [-0.3, -0.25) is 4.79 Å². The number of anilines is 1. The van der Waals surface area contributed by atoms with Crippen molar-refractivity contribution in [3.8, 4) is 0 Å². The van der Waals surface area contributed by atoms with Crippen LogP contribution in [-0.4, -0.2) is 19.0 Å². The van der Waals surface area contributed by atoms with Gasteiger partial charge in [0.1, 0.15) is 0 Å². The monoisotopic (exact) mass is 238 g/mol. The van der Waals surface area contributed by atoms with Gasteiger partial charge in [-0.05, 0) is 18.1 Å². The molecule has 1 aliphatic rings. The van der Waals surface area contributed by atoms with Crippen molar-refractivity contribution in [2.75, 3.05) is 11.9 Å². The Hall–Kier alpha value is -1.32. The minimum atomic E-state index is -0.477. The van der Waals surface area contributed by atoms with Crippen LogP contribution < -0.4 is 10.6 Å². The third-order valence-corrected chi connectivity index (χ3v) is 2.76. The van der Waals surface area contributed by atoms with Gasteiger partial charge >= 0.3 is 0 Å². The highest BCUT2D eigenvalue weighted by atomic mass is 35.5. The first-order valence-electron chi connectivity index (χ1n) is 4.91. The molecule has 0 bridgehead atoms. The van der Waals surface area contributed by atoms with Crippen molar-refractivity contribution in [1.29, 1.82) is 0 Å². The topological polar surface area (TPSA) is 46.3 Å². The highest BCUT2D eigenvalue weighted by Gasteiger charge is 2.26. The van der Waals surface area contributed by atoms with Crippen molar-refractivity contribution < 1.29 is 4.79 Å². The van der Waals surface area contributed by atoms with E-state index < -0.39 is 6.04 Å². The SMILES string of the molecule is C=C1C[C@H](N)C(=O)N(C)c2ccccc21.Cl. The molecule has 86 valence electrons. The first-order chi connectivity index (χ1) is 7.11. The van der Waals surface area contributed by atoms with Crippen LogP contribution in [0.1, 0.15) is 12.0 Å². The van der Waals surface area contributed by atoms with Crippen molar-refractivity contribution in [2.45, 2.75) is 12.5 Å². The van der Waals surface area contributed by atoms with Gasteiger partial charge in [0, 0.05) is 12.6 Å². The molecule has 1 aliphatic heterocycles. The molecular weight excluding hydrogens is 224 g/mol. The molecule has 0 saturated carbocycles. The standard InChI is InChI=1S/C12H14N2O.ClH/c1-8-7-10(13)12(15)14(2)11-6-4-3-5-9(8)11;/h3-6,10H,1,7,13H2,2H3;1H/t10-;/m0./s1. The number of halogens is 1. The van der Waals surface area contributed by atoms with E-state index in [9.17, 15) is 4.79 Å². The lowest BCUT2D eigenvalue weighted by molar-refractivity contribution is -0.119. The molecule has 1 atom stereocenters. The van der Waals surface area contributed by atoms with Crippen LogP contribution in [0.25, 0.3) is 5.57 Å². The van der Waals surface area contributed by atoms with Gasteiger partial charge in [-0.1, -0.05) is 24.8 Å². The molecule has 2 rings (SSSR count). The average molecular weight is 239 g/mol. The highest BCUT2D eigenvalue weighted by Crippen LogP contribution is 2.31. The average Bonchev–Trinajstić information content (AvgIpc) is 2.33. The number of carbonyl (C=O) groups excluding carboxylic acids is 1. The Labute approximate surface area is 101 Å². The summed E-state index contributed by atoms with van der Waals surface area (Å²) in [5.74, 6) is -0.0545. The van der Waals surface area contributed by atoms with E-state index in [0.717, 1.165) is 16.8 Å². The van der Waals surface area contributed by atoms with Crippen molar-refractivity contribution >= 4 is 29.6 Å². The van der Waals surface area contributed by atoms with E-state index in [4.69, 9.17) is 5.73 Å². The second kappa shape index (κ2) is 4.68. The molecule has 1 heterocycles. The molecule has 0 spiro atoms. The van der Waals surface area contributed by atoms with Gasteiger partial charge in [0.05, 0.1) is 11.7 Å². The van der Waals surface area contributed by atoms with E-state index >= 15 is 0 Å². The number of para-hydroxylation sites is 1. The summed E-state index contributed by atoms with van der Waals surface area (Å²) < 4.78 is 0. The van der Waals surface area contributed by atoms with Crippen LogP contribution in [0.2, 0.25) is 0 Å². The molecule has 16 heavy (non-hydrogen) atoms. The zero-order valence-corrected chi connectivity index (χ0v) is 9.96. The normalized spacial score (nSPS) is 19.9. The Balaban J connectivity index is 0.00000128. The van der Waals surface area contributed by atoms with Gasteiger partial charge in [0.15, 0.2) is 0 Å². The fourth-order valence-corrected chi connectivity index (χ4v) is 1.90. The summed E-state index contributed by atoms with van der Waals surface area (Å²) in [6, 6.07) is 7.26. The van der Waals surface area contributed by atoms with E-state index in [1.54, 1.807) is 11.9 Å². The van der Waals surface area contributed by atoms with Crippen molar-refractivity contribution in [3.63, 3.8) is 0 Å².